The molecule has 0 aromatic carbocycles. The van der Waals surface area contributed by atoms with Gasteiger partial charge in [-0.1, -0.05) is 11.3 Å². The van der Waals surface area contributed by atoms with E-state index in [0.717, 1.165) is 68.9 Å². The quantitative estimate of drug-likeness (QED) is 0.738. The maximum absolute atomic E-state index is 13.4. The Bertz CT molecular complexity index is 1020. The molecule has 0 atom stereocenters. The minimum atomic E-state index is -0.286. The lowest BCUT2D eigenvalue weighted by Gasteiger charge is -2.32. The molecular weight excluding hydrogens is 416 g/mol. The Morgan fingerprint density at radius 1 is 1.06 bits per heavy atom. The number of amides is 2. The summed E-state index contributed by atoms with van der Waals surface area (Å²) in [5.41, 5.74) is 1.81. The van der Waals surface area contributed by atoms with E-state index in [1.54, 1.807) is 4.68 Å². The molecular formula is C21H26N6O3S. The van der Waals surface area contributed by atoms with E-state index < -0.39 is 0 Å². The van der Waals surface area contributed by atoms with Crippen LogP contribution in [0.15, 0.2) is 0 Å². The van der Waals surface area contributed by atoms with E-state index in [2.05, 4.69) is 20.6 Å². The van der Waals surface area contributed by atoms with Crippen LogP contribution in [0.3, 0.4) is 0 Å². The van der Waals surface area contributed by atoms with Crippen LogP contribution in [-0.2, 0) is 11.3 Å². The molecule has 164 valence electrons. The molecule has 2 aliphatic heterocycles. The molecule has 1 N–H and O–H groups in total. The van der Waals surface area contributed by atoms with Crippen molar-refractivity contribution < 1.29 is 14.3 Å². The Morgan fingerprint density at radius 2 is 1.84 bits per heavy atom. The van der Waals surface area contributed by atoms with Gasteiger partial charge >= 0.3 is 0 Å². The minimum absolute atomic E-state index is 0.0122. The van der Waals surface area contributed by atoms with E-state index in [9.17, 15) is 9.59 Å². The second-order valence-electron chi connectivity index (χ2n) is 9.09. The number of rotatable bonds is 6. The van der Waals surface area contributed by atoms with Crippen LogP contribution in [0, 0.1) is 5.92 Å². The molecule has 2 aliphatic carbocycles. The molecule has 0 bridgehead atoms. The number of nitrogens with zero attached hydrogens (tertiary/aromatic N) is 5. The molecule has 0 spiro atoms. The van der Waals surface area contributed by atoms with Crippen molar-refractivity contribution in [1.29, 1.82) is 0 Å². The lowest BCUT2D eigenvalue weighted by Crippen LogP contribution is -2.44. The number of hydrogen-bond donors (Lipinski definition) is 1. The number of ether oxygens (including phenoxy) is 1. The second-order valence-corrected chi connectivity index (χ2v) is 10.1. The highest BCUT2D eigenvalue weighted by molar-refractivity contribution is 7.15. The fourth-order valence-electron chi connectivity index (χ4n) is 4.61. The zero-order valence-corrected chi connectivity index (χ0v) is 18.2. The van der Waals surface area contributed by atoms with E-state index in [1.165, 1.54) is 11.3 Å². The highest BCUT2D eigenvalue weighted by Gasteiger charge is 2.40. The Morgan fingerprint density at radius 3 is 2.58 bits per heavy atom. The molecule has 2 saturated carbocycles. The van der Waals surface area contributed by atoms with Crippen molar-refractivity contribution in [3.63, 3.8) is 0 Å². The first kappa shape index (κ1) is 19.4. The number of nitrogens with one attached hydrogen (secondary N) is 1. The zero-order chi connectivity index (χ0) is 20.9. The summed E-state index contributed by atoms with van der Waals surface area (Å²) >= 11 is 1.44. The first-order chi connectivity index (χ1) is 15.2. The van der Waals surface area contributed by atoms with Crippen molar-refractivity contribution in [3.8, 4) is 0 Å². The Balaban J connectivity index is 1.24. The zero-order valence-electron chi connectivity index (χ0n) is 17.4. The minimum Gasteiger partial charge on any atom is -0.381 e. The molecule has 10 heteroatoms. The number of anilines is 1. The lowest BCUT2D eigenvalue weighted by atomic mass is 9.98. The van der Waals surface area contributed by atoms with E-state index in [1.807, 2.05) is 4.90 Å². The van der Waals surface area contributed by atoms with Gasteiger partial charge in [-0.05, 0) is 50.4 Å². The Hall–Kier alpha value is -2.33. The molecule has 9 nitrogen and oxygen atoms in total. The van der Waals surface area contributed by atoms with Crippen molar-refractivity contribution in [1.82, 2.24) is 24.9 Å². The van der Waals surface area contributed by atoms with Crippen LogP contribution in [0.4, 0.5) is 5.13 Å². The van der Waals surface area contributed by atoms with Crippen molar-refractivity contribution in [3.05, 3.63) is 22.0 Å². The largest absolute Gasteiger partial charge is 0.381 e. The summed E-state index contributed by atoms with van der Waals surface area (Å²) in [5, 5.41) is 17.3. The Kier molecular flexibility index (Phi) is 4.79. The second kappa shape index (κ2) is 7.67. The van der Waals surface area contributed by atoms with Gasteiger partial charge in [0.15, 0.2) is 5.69 Å². The summed E-state index contributed by atoms with van der Waals surface area (Å²) in [5.74, 6) is 0.957. The third kappa shape index (κ3) is 3.76. The van der Waals surface area contributed by atoms with Gasteiger partial charge in [-0.15, -0.1) is 10.2 Å². The van der Waals surface area contributed by atoms with E-state index >= 15 is 0 Å². The summed E-state index contributed by atoms with van der Waals surface area (Å²) in [6.45, 7) is 3.57. The van der Waals surface area contributed by atoms with Gasteiger partial charge in [0.05, 0.1) is 6.54 Å². The molecule has 4 aliphatic rings. The van der Waals surface area contributed by atoms with E-state index in [4.69, 9.17) is 4.74 Å². The monoisotopic (exact) mass is 442 g/mol. The third-order valence-corrected chi connectivity index (χ3v) is 7.67. The van der Waals surface area contributed by atoms with Gasteiger partial charge in [0.1, 0.15) is 10.7 Å². The van der Waals surface area contributed by atoms with Gasteiger partial charge in [-0.3, -0.25) is 19.6 Å². The maximum atomic E-state index is 13.4. The number of aromatic nitrogens is 4. The lowest BCUT2D eigenvalue weighted by molar-refractivity contribution is 0.0420. The molecule has 2 amide bonds. The van der Waals surface area contributed by atoms with Crippen molar-refractivity contribution in [2.75, 3.05) is 31.6 Å². The molecule has 3 fully saturated rings. The maximum Gasteiger partial charge on any atom is 0.278 e. The average molecular weight is 443 g/mol. The van der Waals surface area contributed by atoms with E-state index in [-0.39, 0.29) is 17.7 Å². The highest BCUT2D eigenvalue weighted by atomic mass is 32.1. The predicted molar refractivity (Wildman–Crippen MR) is 113 cm³/mol. The molecule has 4 heterocycles. The molecule has 31 heavy (non-hydrogen) atoms. The summed E-state index contributed by atoms with van der Waals surface area (Å²) in [7, 11) is 0. The first-order valence-corrected chi connectivity index (χ1v) is 12.1. The molecule has 0 radical (unpaired) electrons. The van der Waals surface area contributed by atoms with E-state index in [0.29, 0.717) is 41.4 Å². The molecule has 2 aromatic rings. The smallest absolute Gasteiger partial charge is 0.278 e. The predicted octanol–water partition coefficient (Wildman–Crippen LogP) is 2.62. The van der Waals surface area contributed by atoms with Gasteiger partial charge in [0.2, 0.25) is 5.13 Å². The van der Waals surface area contributed by atoms with Crippen LogP contribution in [0.1, 0.15) is 81.9 Å². The fraction of sp³-hybridized carbons (Fsp3) is 0.667. The Labute approximate surface area is 184 Å². The van der Waals surface area contributed by atoms with Crippen LogP contribution >= 0.6 is 11.3 Å². The van der Waals surface area contributed by atoms with Crippen molar-refractivity contribution in [2.24, 2.45) is 5.92 Å². The van der Waals surface area contributed by atoms with Crippen LogP contribution in [0.25, 0.3) is 0 Å². The molecule has 6 rings (SSSR count). The van der Waals surface area contributed by atoms with Crippen LogP contribution < -0.4 is 5.32 Å². The topological polar surface area (TPSA) is 102 Å². The van der Waals surface area contributed by atoms with Gasteiger partial charge in [-0.2, -0.15) is 5.10 Å². The highest BCUT2D eigenvalue weighted by Crippen LogP contribution is 2.45. The molecule has 0 unspecified atom stereocenters. The number of carbonyl (C=O) groups is 2. The van der Waals surface area contributed by atoms with Crippen molar-refractivity contribution in [2.45, 2.75) is 56.9 Å². The summed E-state index contributed by atoms with van der Waals surface area (Å²) < 4.78 is 7.21. The first-order valence-electron chi connectivity index (χ1n) is 11.3. The van der Waals surface area contributed by atoms with Crippen LogP contribution in [0.5, 0.6) is 0 Å². The van der Waals surface area contributed by atoms with Gasteiger partial charge in [0, 0.05) is 37.8 Å². The molecule has 1 saturated heterocycles. The van der Waals surface area contributed by atoms with Gasteiger partial charge in [0.25, 0.3) is 11.8 Å². The summed E-state index contributed by atoms with van der Waals surface area (Å²) in [6.07, 6.45) is 6.28. The summed E-state index contributed by atoms with van der Waals surface area (Å²) in [4.78, 5) is 28.5. The fourth-order valence-corrected chi connectivity index (χ4v) is 5.52. The van der Waals surface area contributed by atoms with Crippen LogP contribution in [0.2, 0.25) is 0 Å². The SMILES string of the molecule is O=C(Nc1nnc(C2CC2)s1)c1nn2c(c1C1CC1)C(=O)N(CC1CCOCC1)CC2. The number of fused-ring (bicyclic) bond motifs is 1. The average Bonchev–Trinajstić information content (AvgIpc) is 3.71. The van der Waals surface area contributed by atoms with Crippen LogP contribution in [-0.4, -0.2) is 63.0 Å². The van der Waals surface area contributed by atoms with Gasteiger partial charge in [-0.25, -0.2) is 0 Å². The summed E-state index contributed by atoms with van der Waals surface area (Å²) in [6, 6.07) is 0. The van der Waals surface area contributed by atoms with Crippen molar-refractivity contribution >= 4 is 28.3 Å². The molecule has 2 aromatic heterocycles. The van der Waals surface area contributed by atoms with Gasteiger partial charge < -0.3 is 9.64 Å². The third-order valence-electron chi connectivity index (χ3n) is 6.67. The standard InChI is InChI=1S/C21H26N6O3S/c28-18(22-21-24-23-19(31-21)14-3-4-14)16-15(13-1-2-13)17-20(29)26(7-8-27(17)25-16)11-12-5-9-30-10-6-12/h12-14H,1-11H2,(H,22,24,28). The number of carbonyl (C=O) groups excluding carboxylic acids is 2. The number of hydrogen-bond acceptors (Lipinski definition) is 7. The normalized spacial score (nSPS) is 21.9.